The van der Waals surface area contributed by atoms with Crippen molar-refractivity contribution in [2.75, 3.05) is 12.3 Å². The second-order valence-electron chi connectivity index (χ2n) is 4.82. The molecule has 0 saturated heterocycles. The minimum absolute atomic E-state index is 0.171. The SMILES string of the molecule is C=CCN(C(=O)c1ncccc1N)C(C)(C)C. The third kappa shape index (κ3) is 3.06. The Morgan fingerprint density at radius 3 is 2.71 bits per heavy atom. The predicted octanol–water partition coefficient (Wildman–Crippen LogP) is 2.09. The van der Waals surface area contributed by atoms with Gasteiger partial charge in [0.1, 0.15) is 0 Å². The van der Waals surface area contributed by atoms with Gasteiger partial charge in [-0.15, -0.1) is 6.58 Å². The third-order valence-electron chi connectivity index (χ3n) is 2.41. The number of nitrogens with two attached hydrogens (primary N) is 1. The van der Waals surface area contributed by atoms with Crippen LogP contribution >= 0.6 is 0 Å². The highest BCUT2D eigenvalue weighted by molar-refractivity contribution is 5.97. The molecule has 0 bridgehead atoms. The number of hydrogen-bond acceptors (Lipinski definition) is 3. The number of anilines is 1. The number of aromatic nitrogens is 1. The molecule has 1 amide bonds. The van der Waals surface area contributed by atoms with Crippen LogP contribution in [-0.2, 0) is 0 Å². The number of carbonyl (C=O) groups excluding carboxylic acids is 1. The van der Waals surface area contributed by atoms with Gasteiger partial charge in [0.15, 0.2) is 5.69 Å². The van der Waals surface area contributed by atoms with Crippen LogP contribution in [0.5, 0.6) is 0 Å². The fourth-order valence-corrected chi connectivity index (χ4v) is 1.51. The summed E-state index contributed by atoms with van der Waals surface area (Å²) in [5.41, 5.74) is 6.16. The monoisotopic (exact) mass is 233 g/mol. The zero-order valence-corrected chi connectivity index (χ0v) is 10.6. The molecule has 1 aromatic rings. The molecular formula is C13H19N3O. The molecular weight excluding hydrogens is 214 g/mol. The molecule has 0 spiro atoms. The van der Waals surface area contributed by atoms with Crippen molar-refractivity contribution in [3.05, 3.63) is 36.7 Å². The Morgan fingerprint density at radius 1 is 1.59 bits per heavy atom. The Labute approximate surface area is 102 Å². The summed E-state index contributed by atoms with van der Waals surface area (Å²) in [7, 11) is 0. The molecule has 0 fully saturated rings. The van der Waals surface area contributed by atoms with Crippen molar-refractivity contribution < 1.29 is 4.79 Å². The van der Waals surface area contributed by atoms with Gasteiger partial charge in [0.2, 0.25) is 0 Å². The van der Waals surface area contributed by atoms with Crippen molar-refractivity contribution >= 4 is 11.6 Å². The minimum Gasteiger partial charge on any atom is -0.397 e. The Bertz CT molecular complexity index is 421. The summed E-state index contributed by atoms with van der Waals surface area (Å²) in [5, 5.41) is 0. The van der Waals surface area contributed by atoms with Crippen LogP contribution in [0.3, 0.4) is 0 Å². The quantitative estimate of drug-likeness (QED) is 0.813. The van der Waals surface area contributed by atoms with E-state index >= 15 is 0 Å². The molecule has 0 aromatic carbocycles. The van der Waals surface area contributed by atoms with E-state index in [0.717, 1.165) is 0 Å². The van der Waals surface area contributed by atoms with E-state index in [-0.39, 0.29) is 11.4 Å². The molecule has 0 aliphatic rings. The molecule has 1 aromatic heterocycles. The first-order valence-corrected chi connectivity index (χ1v) is 5.51. The van der Waals surface area contributed by atoms with Gasteiger partial charge in [-0.05, 0) is 32.9 Å². The molecule has 4 nitrogen and oxygen atoms in total. The van der Waals surface area contributed by atoms with Crippen molar-refractivity contribution in [2.24, 2.45) is 0 Å². The molecule has 0 atom stereocenters. The smallest absolute Gasteiger partial charge is 0.275 e. The van der Waals surface area contributed by atoms with Crippen LogP contribution < -0.4 is 5.73 Å². The first-order chi connectivity index (χ1) is 7.88. The largest absolute Gasteiger partial charge is 0.397 e. The maximum Gasteiger partial charge on any atom is 0.275 e. The number of nitrogens with zero attached hydrogens (tertiary/aromatic N) is 2. The number of rotatable bonds is 3. The highest BCUT2D eigenvalue weighted by Gasteiger charge is 2.28. The fourth-order valence-electron chi connectivity index (χ4n) is 1.51. The van der Waals surface area contributed by atoms with Crippen molar-refractivity contribution in [3.8, 4) is 0 Å². The van der Waals surface area contributed by atoms with E-state index in [0.29, 0.717) is 17.9 Å². The first-order valence-electron chi connectivity index (χ1n) is 5.51. The van der Waals surface area contributed by atoms with Crippen molar-refractivity contribution in [3.63, 3.8) is 0 Å². The highest BCUT2D eigenvalue weighted by Crippen LogP contribution is 2.18. The van der Waals surface area contributed by atoms with Crippen LogP contribution in [0.15, 0.2) is 31.0 Å². The van der Waals surface area contributed by atoms with Gasteiger partial charge >= 0.3 is 0 Å². The summed E-state index contributed by atoms with van der Waals surface area (Å²) < 4.78 is 0. The lowest BCUT2D eigenvalue weighted by molar-refractivity contribution is 0.0611. The Kier molecular flexibility index (Phi) is 3.89. The molecule has 0 aliphatic carbocycles. The zero-order valence-electron chi connectivity index (χ0n) is 10.6. The maximum atomic E-state index is 12.3. The summed E-state index contributed by atoms with van der Waals surface area (Å²) in [6.45, 7) is 10.0. The Hall–Kier alpha value is -1.84. The van der Waals surface area contributed by atoms with Crippen LogP contribution in [0.4, 0.5) is 5.69 Å². The average molecular weight is 233 g/mol. The Balaban J connectivity index is 3.09. The lowest BCUT2D eigenvalue weighted by atomic mass is 10.0. The average Bonchev–Trinajstić information content (AvgIpc) is 2.24. The van der Waals surface area contributed by atoms with Gasteiger partial charge < -0.3 is 10.6 Å². The van der Waals surface area contributed by atoms with E-state index in [1.165, 1.54) is 0 Å². The van der Waals surface area contributed by atoms with Crippen molar-refractivity contribution in [1.82, 2.24) is 9.88 Å². The third-order valence-corrected chi connectivity index (χ3v) is 2.41. The lowest BCUT2D eigenvalue weighted by Gasteiger charge is -2.34. The van der Waals surface area contributed by atoms with Crippen LogP contribution in [0.2, 0.25) is 0 Å². The van der Waals surface area contributed by atoms with E-state index < -0.39 is 0 Å². The number of amides is 1. The van der Waals surface area contributed by atoms with E-state index in [1.54, 1.807) is 29.3 Å². The molecule has 1 rings (SSSR count). The molecule has 0 unspecified atom stereocenters. The number of pyridine rings is 1. The van der Waals surface area contributed by atoms with Gasteiger partial charge in [-0.2, -0.15) is 0 Å². The van der Waals surface area contributed by atoms with Gasteiger partial charge in [-0.1, -0.05) is 6.08 Å². The van der Waals surface area contributed by atoms with Crippen molar-refractivity contribution in [2.45, 2.75) is 26.3 Å². The molecule has 2 N–H and O–H groups in total. The van der Waals surface area contributed by atoms with Gasteiger partial charge in [-0.3, -0.25) is 4.79 Å². The van der Waals surface area contributed by atoms with E-state index in [1.807, 2.05) is 20.8 Å². The lowest BCUT2D eigenvalue weighted by Crippen LogP contribution is -2.46. The second-order valence-corrected chi connectivity index (χ2v) is 4.82. The van der Waals surface area contributed by atoms with Gasteiger partial charge in [0.25, 0.3) is 5.91 Å². The summed E-state index contributed by atoms with van der Waals surface area (Å²) >= 11 is 0. The molecule has 17 heavy (non-hydrogen) atoms. The molecule has 0 aliphatic heterocycles. The molecule has 0 saturated carbocycles. The van der Waals surface area contributed by atoms with Gasteiger partial charge in [0, 0.05) is 18.3 Å². The topological polar surface area (TPSA) is 59.2 Å². The maximum absolute atomic E-state index is 12.3. The fraction of sp³-hybridized carbons (Fsp3) is 0.385. The van der Waals surface area contributed by atoms with Gasteiger partial charge in [-0.25, -0.2) is 4.98 Å². The molecule has 4 heteroatoms. The number of carbonyl (C=O) groups is 1. The summed E-state index contributed by atoms with van der Waals surface area (Å²) in [5.74, 6) is -0.171. The first kappa shape index (κ1) is 13.2. The molecule has 0 radical (unpaired) electrons. The van der Waals surface area contributed by atoms with Crippen LogP contribution in [0, 0.1) is 0 Å². The van der Waals surface area contributed by atoms with E-state index in [9.17, 15) is 4.79 Å². The van der Waals surface area contributed by atoms with Crippen LogP contribution in [0.1, 0.15) is 31.3 Å². The van der Waals surface area contributed by atoms with Gasteiger partial charge in [0.05, 0.1) is 5.69 Å². The van der Waals surface area contributed by atoms with E-state index in [4.69, 9.17) is 5.73 Å². The number of nitrogen functional groups attached to an aromatic ring is 1. The summed E-state index contributed by atoms with van der Waals surface area (Å²) in [4.78, 5) is 18.1. The highest BCUT2D eigenvalue weighted by atomic mass is 16.2. The molecule has 92 valence electrons. The normalized spacial score (nSPS) is 11.0. The summed E-state index contributed by atoms with van der Waals surface area (Å²) in [6.07, 6.45) is 3.26. The minimum atomic E-state index is -0.296. The van der Waals surface area contributed by atoms with E-state index in [2.05, 4.69) is 11.6 Å². The van der Waals surface area contributed by atoms with Crippen LogP contribution in [-0.4, -0.2) is 27.9 Å². The molecule has 1 heterocycles. The predicted molar refractivity (Wildman–Crippen MR) is 69.6 cm³/mol. The summed E-state index contributed by atoms with van der Waals surface area (Å²) in [6, 6.07) is 3.38. The van der Waals surface area contributed by atoms with Crippen molar-refractivity contribution in [1.29, 1.82) is 0 Å². The van der Waals surface area contributed by atoms with Crippen LogP contribution in [0.25, 0.3) is 0 Å². The second kappa shape index (κ2) is 4.99. The Morgan fingerprint density at radius 2 is 2.24 bits per heavy atom. The standard InChI is InChI=1S/C13H19N3O/c1-5-9-16(13(2,3)4)12(17)11-10(14)7-6-8-15-11/h5-8H,1,9,14H2,2-4H3. The zero-order chi connectivity index (χ0) is 13.1. The number of hydrogen-bond donors (Lipinski definition) is 1.